The Kier molecular flexibility index (Phi) is 6.52. The molecule has 1 unspecified atom stereocenters. The first-order chi connectivity index (χ1) is 9.04. The third-order valence-corrected chi connectivity index (χ3v) is 4.03. The van der Waals surface area contributed by atoms with Crippen LogP contribution in [0.3, 0.4) is 0 Å². The van der Waals surface area contributed by atoms with Crippen molar-refractivity contribution in [2.75, 3.05) is 31.7 Å². The molecule has 0 bridgehead atoms. The molecule has 6 heteroatoms. The number of nitrogens with two attached hydrogens (primary N) is 1. The number of hydrogen-bond donors (Lipinski definition) is 2. The lowest BCUT2D eigenvalue weighted by Gasteiger charge is -2.07. The highest BCUT2D eigenvalue weighted by atomic mass is 32.2. The number of benzene rings is 1. The highest BCUT2D eigenvalue weighted by Gasteiger charge is 2.12. The Balaban J connectivity index is 2.48. The molecule has 19 heavy (non-hydrogen) atoms. The highest BCUT2D eigenvalue weighted by Crippen LogP contribution is 2.16. The van der Waals surface area contributed by atoms with Crippen molar-refractivity contribution >= 4 is 22.4 Å². The second-order valence-corrected chi connectivity index (χ2v) is 5.63. The fraction of sp³-hybridized carbons (Fsp3) is 0.462. The summed E-state index contributed by atoms with van der Waals surface area (Å²) >= 11 is 0. The van der Waals surface area contributed by atoms with Crippen LogP contribution in [0.25, 0.3) is 0 Å². The number of hydrogen-bond acceptors (Lipinski definition) is 4. The number of amides is 1. The number of nitrogens with one attached hydrogen (secondary N) is 1. The van der Waals surface area contributed by atoms with Gasteiger partial charge in [0.15, 0.2) is 0 Å². The van der Waals surface area contributed by atoms with Crippen LogP contribution in [0.15, 0.2) is 23.1 Å². The van der Waals surface area contributed by atoms with Crippen molar-refractivity contribution in [2.45, 2.75) is 18.2 Å². The molecule has 0 heterocycles. The lowest BCUT2D eigenvalue weighted by molar-refractivity contribution is -0.118. The van der Waals surface area contributed by atoms with Gasteiger partial charge in [-0.2, -0.15) is 0 Å². The van der Waals surface area contributed by atoms with Crippen molar-refractivity contribution in [3.63, 3.8) is 0 Å². The SMILES string of the molecule is COCCCNC(=O)CS(=O)c1ccc(N)cc1C. The van der Waals surface area contributed by atoms with Crippen molar-refractivity contribution < 1.29 is 13.7 Å². The van der Waals surface area contributed by atoms with Crippen LogP contribution in [0.4, 0.5) is 5.69 Å². The maximum Gasteiger partial charge on any atom is 0.233 e. The minimum Gasteiger partial charge on any atom is -0.399 e. The van der Waals surface area contributed by atoms with Gasteiger partial charge in [0.05, 0.1) is 10.8 Å². The molecule has 0 aromatic heterocycles. The molecule has 1 amide bonds. The van der Waals surface area contributed by atoms with E-state index in [0.717, 1.165) is 12.0 Å². The van der Waals surface area contributed by atoms with Crippen molar-refractivity contribution in [1.29, 1.82) is 0 Å². The quantitative estimate of drug-likeness (QED) is 0.574. The molecule has 106 valence electrons. The molecule has 0 fully saturated rings. The number of carbonyl (C=O) groups is 1. The van der Waals surface area contributed by atoms with Crippen molar-refractivity contribution in [3.8, 4) is 0 Å². The lowest BCUT2D eigenvalue weighted by Crippen LogP contribution is -2.29. The van der Waals surface area contributed by atoms with E-state index in [-0.39, 0.29) is 11.7 Å². The van der Waals surface area contributed by atoms with E-state index in [0.29, 0.717) is 23.7 Å². The molecule has 0 radical (unpaired) electrons. The fourth-order valence-corrected chi connectivity index (χ4v) is 2.75. The summed E-state index contributed by atoms with van der Waals surface area (Å²) in [5.41, 5.74) is 7.10. The van der Waals surface area contributed by atoms with E-state index >= 15 is 0 Å². The van der Waals surface area contributed by atoms with E-state index in [1.54, 1.807) is 25.3 Å². The van der Waals surface area contributed by atoms with E-state index < -0.39 is 10.8 Å². The third-order valence-electron chi connectivity index (χ3n) is 2.55. The normalized spacial score (nSPS) is 12.1. The summed E-state index contributed by atoms with van der Waals surface area (Å²) in [4.78, 5) is 12.3. The molecule has 0 aliphatic carbocycles. The minimum atomic E-state index is -1.34. The predicted molar refractivity (Wildman–Crippen MR) is 76.4 cm³/mol. The van der Waals surface area contributed by atoms with E-state index in [2.05, 4.69) is 5.32 Å². The lowest BCUT2D eigenvalue weighted by atomic mass is 10.2. The van der Waals surface area contributed by atoms with Gasteiger partial charge in [-0.3, -0.25) is 9.00 Å². The molecule has 1 rings (SSSR count). The smallest absolute Gasteiger partial charge is 0.233 e. The van der Waals surface area contributed by atoms with Crippen LogP contribution >= 0.6 is 0 Å². The monoisotopic (exact) mass is 284 g/mol. The second-order valence-electron chi connectivity index (χ2n) is 4.21. The number of ether oxygens (including phenoxy) is 1. The average Bonchev–Trinajstić information content (AvgIpc) is 2.34. The van der Waals surface area contributed by atoms with E-state index in [1.165, 1.54) is 0 Å². The molecule has 0 aliphatic heterocycles. The highest BCUT2D eigenvalue weighted by molar-refractivity contribution is 7.85. The van der Waals surface area contributed by atoms with Crippen molar-refractivity contribution in [1.82, 2.24) is 5.32 Å². The summed E-state index contributed by atoms with van der Waals surface area (Å²) < 4.78 is 16.9. The Morgan fingerprint density at radius 2 is 2.21 bits per heavy atom. The van der Waals surface area contributed by atoms with Crippen molar-refractivity contribution in [3.05, 3.63) is 23.8 Å². The molecule has 5 nitrogen and oxygen atoms in total. The first-order valence-corrected chi connectivity index (χ1v) is 7.36. The summed E-state index contributed by atoms with van der Waals surface area (Å²) in [6.45, 7) is 2.96. The van der Waals surface area contributed by atoms with Crippen LogP contribution in [0.1, 0.15) is 12.0 Å². The zero-order valence-electron chi connectivity index (χ0n) is 11.3. The average molecular weight is 284 g/mol. The summed E-state index contributed by atoms with van der Waals surface area (Å²) in [5, 5.41) is 2.71. The van der Waals surface area contributed by atoms with Gasteiger partial charge in [-0.1, -0.05) is 0 Å². The number of methoxy groups -OCH3 is 1. The maximum atomic E-state index is 12.1. The van der Waals surface area contributed by atoms with Crippen LogP contribution in [-0.2, 0) is 20.3 Å². The number of aryl methyl sites for hydroxylation is 1. The van der Waals surface area contributed by atoms with Gasteiger partial charge >= 0.3 is 0 Å². The van der Waals surface area contributed by atoms with Crippen molar-refractivity contribution in [2.24, 2.45) is 0 Å². The number of anilines is 1. The molecule has 1 aromatic carbocycles. The Labute approximate surface area is 116 Å². The van der Waals surface area contributed by atoms with Crippen LogP contribution < -0.4 is 11.1 Å². The van der Waals surface area contributed by atoms with Crippen LogP contribution in [0.5, 0.6) is 0 Å². The fourth-order valence-electron chi connectivity index (χ4n) is 1.62. The molecular formula is C13H20N2O3S. The Hall–Kier alpha value is -1.40. The molecule has 1 atom stereocenters. The molecular weight excluding hydrogens is 264 g/mol. The van der Waals surface area contributed by atoms with Crippen LogP contribution in [0, 0.1) is 6.92 Å². The number of rotatable bonds is 7. The minimum absolute atomic E-state index is 0.0300. The number of nitrogen functional groups attached to an aromatic ring is 1. The first kappa shape index (κ1) is 15.7. The second kappa shape index (κ2) is 7.91. The van der Waals surface area contributed by atoms with Gasteiger partial charge in [0.1, 0.15) is 5.75 Å². The Morgan fingerprint density at radius 1 is 1.47 bits per heavy atom. The molecule has 0 saturated carbocycles. The van der Waals surface area contributed by atoms with Gasteiger partial charge in [-0.15, -0.1) is 0 Å². The summed E-state index contributed by atoms with van der Waals surface area (Å²) in [6, 6.07) is 5.15. The first-order valence-electron chi connectivity index (χ1n) is 6.04. The predicted octanol–water partition coefficient (Wildman–Crippen LogP) is 0.838. The van der Waals surface area contributed by atoms with Gasteiger partial charge < -0.3 is 15.8 Å². The third kappa shape index (κ3) is 5.40. The summed E-state index contributed by atoms with van der Waals surface area (Å²) in [6.07, 6.45) is 0.746. The van der Waals surface area contributed by atoms with E-state index in [9.17, 15) is 9.00 Å². The summed E-state index contributed by atoms with van der Waals surface area (Å²) in [5.74, 6) is -0.247. The Bertz CT molecular complexity index is 463. The maximum absolute atomic E-state index is 12.1. The van der Waals surface area contributed by atoms with Gasteiger partial charge in [0.2, 0.25) is 5.91 Å². The molecule has 3 N–H and O–H groups in total. The van der Waals surface area contributed by atoms with Crippen LogP contribution in [0.2, 0.25) is 0 Å². The zero-order valence-corrected chi connectivity index (χ0v) is 12.1. The largest absolute Gasteiger partial charge is 0.399 e. The summed E-state index contributed by atoms with van der Waals surface area (Å²) in [7, 11) is 0.272. The standard InChI is InChI=1S/C13H20N2O3S/c1-10-8-11(14)4-5-12(10)19(17)9-13(16)15-6-3-7-18-2/h4-5,8H,3,6-7,9,14H2,1-2H3,(H,15,16). The van der Waals surface area contributed by atoms with Gasteiger partial charge in [0, 0.05) is 30.8 Å². The topological polar surface area (TPSA) is 81.4 Å². The van der Waals surface area contributed by atoms with Crippen LogP contribution in [-0.4, -0.2) is 36.1 Å². The van der Waals surface area contributed by atoms with E-state index in [4.69, 9.17) is 10.5 Å². The molecule has 0 spiro atoms. The van der Waals surface area contributed by atoms with Gasteiger partial charge in [0.25, 0.3) is 0 Å². The number of carbonyl (C=O) groups excluding carboxylic acids is 1. The molecule has 1 aromatic rings. The molecule has 0 aliphatic rings. The van der Waals surface area contributed by atoms with Gasteiger partial charge in [-0.05, 0) is 37.1 Å². The zero-order chi connectivity index (χ0) is 14.3. The Morgan fingerprint density at radius 3 is 2.84 bits per heavy atom. The molecule has 0 saturated heterocycles. The van der Waals surface area contributed by atoms with Gasteiger partial charge in [-0.25, -0.2) is 0 Å². The van der Waals surface area contributed by atoms with E-state index in [1.807, 2.05) is 6.92 Å².